The van der Waals surface area contributed by atoms with Gasteiger partial charge in [0.25, 0.3) is 0 Å². The maximum Gasteiger partial charge on any atom is 0.164 e. The van der Waals surface area contributed by atoms with E-state index >= 15 is 0 Å². The van der Waals surface area contributed by atoms with Crippen molar-refractivity contribution in [3.05, 3.63) is 526 Å². The average Bonchev–Trinajstić information content (AvgIpc) is 0.742. The number of methoxy groups -OCH3 is 1. The molecule has 0 saturated heterocycles. The lowest BCUT2D eigenvalue weighted by atomic mass is 9.90. The highest BCUT2D eigenvalue weighted by Crippen LogP contribution is 2.46. The molecule has 0 atom stereocenters. The summed E-state index contributed by atoms with van der Waals surface area (Å²) in [5.74, 6) is 6.71. The van der Waals surface area contributed by atoms with E-state index in [2.05, 4.69) is 344 Å². The number of halogens is 1. The van der Waals surface area contributed by atoms with Crippen molar-refractivity contribution in [2.45, 2.75) is 0 Å². The minimum absolute atomic E-state index is 0.641. The van der Waals surface area contributed by atoms with Crippen LogP contribution in [-0.4, -0.2) is 52.0 Å². The Bertz CT molecular complexity index is 9630. The monoisotopic (exact) mass is 1970 g/mol. The molecule has 149 heavy (non-hydrogen) atoms. The fourth-order valence-corrected chi connectivity index (χ4v) is 21.0. The van der Waals surface area contributed by atoms with Gasteiger partial charge in [-0.3, -0.25) is 0 Å². The van der Waals surface area contributed by atoms with E-state index in [0.717, 1.165) is 105 Å². The van der Waals surface area contributed by atoms with Crippen LogP contribution in [0.5, 0.6) is 5.75 Å². The number of hydrogen-bond donors (Lipinski definition) is 0. The summed E-state index contributed by atoms with van der Waals surface area (Å²) in [5, 5.41) is 22.4. The Kier molecular flexibility index (Phi) is 24.5. The molecule has 0 saturated carbocycles. The van der Waals surface area contributed by atoms with Gasteiger partial charge in [0.05, 0.1) is 7.11 Å². The highest BCUT2D eigenvalue weighted by Gasteiger charge is 2.22. The van der Waals surface area contributed by atoms with E-state index in [1.54, 1.807) is 7.11 Å². The van der Waals surface area contributed by atoms with E-state index in [9.17, 15) is 0 Å². The van der Waals surface area contributed by atoms with E-state index in [4.69, 9.17) is 49.6 Å². The number of aromatic nitrogens is 9. The fourth-order valence-electron chi connectivity index (χ4n) is 20.6. The molecule has 0 spiro atoms. The largest absolute Gasteiger partial charge is 0.497 e. The molecular weight excluding hydrogens is 1880 g/mol. The minimum Gasteiger partial charge on any atom is -0.497 e. The van der Waals surface area contributed by atoms with Gasteiger partial charge in [-0.25, -0.2) is 44.9 Å². The third kappa shape index (κ3) is 18.3. The van der Waals surface area contributed by atoms with Crippen LogP contribution in [-0.2, 0) is 0 Å². The zero-order chi connectivity index (χ0) is 99.6. The van der Waals surface area contributed by atoms with E-state index in [1.165, 1.54) is 125 Å². The Morgan fingerprint density at radius 2 is 0.336 bits per heavy atom. The van der Waals surface area contributed by atoms with E-state index in [0.29, 0.717) is 52.4 Å². The Morgan fingerprint density at radius 1 is 0.154 bits per heavy atom. The molecule has 0 fully saturated rings. The SMILES string of the molecule is Brc1ccc2c3ccc(-c4cccc(-c5cccc(-c6nc(-c7ccccc7)nc(-c7ccccc7)n6)c5)c4)cc3c3ccccc3c2c1.C=Cc1ccc2c3ccc(-c4cccc(-c5cccc(-c6nc(-c7ccccc7)nc(-c7ccccc7)n6)c5)c4)cc3c3ccccc3c2c1.COc1ccc2c3ccc(-c4cccc(-c5cccc(-c6nc(-c7ccccc7)nc(-c7ccccc7)n6)c5)c4)cc3c3ccccc3c2c1. The van der Waals surface area contributed by atoms with E-state index < -0.39 is 0 Å². The molecule has 0 unspecified atom stereocenters. The summed E-state index contributed by atoms with van der Waals surface area (Å²) in [7, 11) is 1.72. The van der Waals surface area contributed by atoms with Gasteiger partial charge in [-0.1, -0.05) is 453 Å². The van der Waals surface area contributed by atoms with Gasteiger partial charge in [-0.2, -0.15) is 0 Å². The van der Waals surface area contributed by atoms with Crippen LogP contribution in [0.1, 0.15) is 5.56 Å². The summed E-state index contributed by atoms with van der Waals surface area (Å²) in [6.45, 7) is 4.00. The van der Waals surface area contributed by atoms with Crippen LogP contribution in [0.2, 0.25) is 0 Å². The smallest absolute Gasteiger partial charge is 0.164 e. The summed E-state index contributed by atoms with van der Waals surface area (Å²) < 4.78 is 6.67. The maximum absolute atomic E-state index is 5.58. The van der Waals surface area contributed by atoms with Crippen molar-refractivity contribution in [3.63, 3.8) is 0 Å². The predicted octanol–water partition coefficient (Wildman–Crippen LogP) is 36.4. The molecule has 0 radical (unpaired) electrons. The van der Waals surface area contributed by atoms with Gasteiger partial charge in [-0.15, -0.1) is 0 Å². The highest BCUT2D eigenvalue weighted by molar-refractivity contribution is 9.10. The molecule has 0 aliphatic heterocycles. The van der Waals surface area contributed by atoms with Crippen LogP contribution >= 0.6 is 15.9 Å². The molecule has 10 nitrogen and oxygen atoms in total. The summed E-state index contributed by atoms with van der Waals surface area (Å²) in [4.78, 5) is 44.3. The van der Waals surface area contributed by atoms with Crippen molar-refractivity contribution in [3.8, 4) is 175 Å². The Hall–Kier alpha value is -19.3. The molecule has 24 aromatic carbocycles. The first kappa shape index (κ1) is 90.9. The minimum atomic E-state index is 0.641. The zero-order valence-corrected chi connectivity index (χ0v) is 82.7. The summed E-state index contributed by atoms with van der Waals surface area (Å²) >= 11 is 3.68. The van der Waals surface area contributed by atoms with Gasteiger partial charge in [0.15, 0.2) is 52.4 Å². The number of ether oxygens (including phenoxy) is 1. The van der Waals surface area contributed by atoms with E-state index in [-0.39, 0.29) is 0 Å². The Morgan fingerprint density at radius 3 is 0.591 bits per heavy atom. The third-order valence-corrected chi connectivity index (χ3v) is 28.5. The van der Waals surface area contributed by atoms with Gasteiger partial charge >= 0.3 is 0 Å². The Balaban J connectivity index is 0.000000116. The van der Waals surface area contributed by atoms with Gasteiger partial charge in [0.1, 0.15) is 5.75 Å². The quantitative estimate of drug-likeness (QED) is 0.0814. The predicted molar refractivity (Wildman–Crippen MR) is 623 cm³/mol. The van der Waals surface area contributed by atoms with Gasteiger partial charge in [0.2, 0.25) is 0 Å². The first-order chi connectivity index (χ1) is 73.6. The fraction of sp³-hybridized carbons (Fsp3) is 0.00725. The van der Waals surface area contributed by atoms with Crippen LogP contribution in [0, 0.1) is 0 Å². The molecule has 0 aliphatic rings. The molecule has 11 heteroatoms. The first-order valence-electron chi connectivity index (χ1n) is 49.8. The van der Waals surface area contributed by atoms with Crippen LogP contribution in [0.3, 0.4) is 0 Å². The van der Waals surface area contributed by atoms with E-state index in [1.807, 2.05) is 194 Å². The van der Waals surface area contributed by atoms with Crippen LogP contribution < -0.4 is 4.74 Å². The van der Waals surface area contributed by atoms with Crippen LogP contribution in [0.15, 0.2) is 521 Å². The molecule has 3 heterocycles. The molecule has 27 aromatic rings. The average molecular weight is 1970 g/mol. The highest BCUT2D eigenvalue weighted by atomic mass is 79.9. The number of benzene rings is 24. The van der Waals surface area contributed by atoms with Crippen molar-refractivity contribution in [1.29, 1.82) is 0 Å². The van der Waals surface area contributed by atoms with Crippen molar-refractivity contribution >= 4 is 119 Å². The number of fused-ring (bicyclic) bond motifs is 18. The summed E-state index contributed by atoms with van der Waals surface area (Å²) in [6, 6.07) is 178. The van der Waals surface area contributed by atoms with Gasteiger partial charge < -0.3 is 4.74 Å². The molecule has 0 aliphatic carbocycles. The maximum atomic E-state index is 5.58. The lowest BCUT2D eigenvalue weighted by molar-refractivity contribution is 0.415. The number of nitrogens with zero attached hydrogens (tertiary/aromatic N) is 9. The van der Waals surface area contributed by atoms with Crippen molar-refractivity contribution in [1.82, 2.24) is 44.9 Å². The molecule has 0 N–H and O–H groups in total. The van der Waals surface area contributed by atoms with Crippen molar-refractivity contribution < 1.29 is 4.74 Å². The molecule has 27 rings (SSSR count). The lowest BCUT2D eigenvalue weighted by Crippen LogP contribution is -2.00. The normalized spacial score (nSPS) is 11.3. The second-order valence-corrected chi connectivity index (χ2v) is 38.0. The number of rotatable bonds is 17. The van der Waals surface area contributed by atoms with Gasteiger partial charge in [0, 0.05) is 54.5 Å². The molecule has 0 bridgehead atoms. The second-order valence-electron chi connectivity index (χ2n) is 37.1. The first-order valence-corrected chi connectivity index (χ1v) is 50.6. The molecular formula is C138H90BrN9O. The van der Waals surface area contributed by atoms with Gasteiger partial charge in [-0.05, 0) is 254 Å². The second kappa shape index (κ2) is 40.1. The summed E-state index contributed by atoms with van der Waals surface area (Å²) in [5.41, 5.74) is 23.4. The molecule has 700 valence electrons. The number of hydrogen-bond acceptors (Lipinski definition) is 10. The van der Waals surface area contributed by atoms with Crippen molar-refractivity contribution in [2.24, 2.45) is 0 Å². The molecule has 0 amide bonds. The van der Waals surface area contributed by atoms with Crippen LogP contribution in [0.4, 0.5) is 0 Å². The standard InChI is InChI=1S/C47H31N3.C46H31N3O.C45H28BrN3/c1-2-31-23-25-41-42-26-24-37(30-44(42)40-22-10-9-21-39(40)43(41)27-31)35-18-11-17-34(28-35)36-19-12-20-38(29-36)47-49-45(32-13-5-3-6-14-32)48-46(50-47)33-15-7-4-8-16-33;1-50-37-23-25-41-40-24-22-35(28-42(40)38-20-8-9-21-39(38)43(41)29-37)33-17-10-16-32(26-33)34-18-11-19-36(27-34)46-48-44(30-12-4-2-5-13-30)47-45(49-46)31-14-6-3-7-15-31;46-36-22-24-40-39-23-21-34(27-41(39)37-19-7-8-20-38(37)42(40)28-36)32-16-9-15-31(25-32)33-17-10-18-35(26-33)45-48-43(29-11-3-1-4-12-29)47-44(49-45)30-13-5-2-6-14-30/h2-30H,1H2;2-29H,1H3;1-28H. The van der Waals surface area contributed by atoms with Crippen LogP contribution in [0.25, 0.3) is 272 Å². The summed E-state index contributed by atoms with van der Waals surface area (Å²) in [6.07, 6.45) is 1.91. The molecule has 3 aromatic heterocycles. The Labute approximate surface area is 870 Å². The zero-order valence-electron chi connectivity index (χ0n) is 81.1. The van der Waals surface area contributed by atoms with Crippen molar-refractivity contribution in [2.75, 3.05) is 7.11 Å². The topological polar surface area (TPSA) is 125 Å². The lowest BCUT2D eigenvalue weighted by Gasteiger charge is -2.13. The third-order valence-electron chi connectivity index (χ3n) is 28.0.